The number of nitrogens with zero attached hydrogens (tertiary/aromatic N) is 1. The van der Waals surface area contributed by atoms with Gasteiger partial charge in [0.15, 0.2) is 0 Å². The standard InChI is InChI=1S/C11H19F2NO/c1-8-10(15)3-2-4-14(8)7-9-5-11(12,13)6-9/h8-10,15H,2-7H2,1H3/t8-,10+/m1/s1. The molecule has 1 aliphatic carbocycles. The summed E-state index contributed by atoms with van der Waals surface area (Å²) >= 11 is 0. The van der Waals surface area contributed by atoms with E-state index >= 15 is 0 Å². The van der Waals surface area contributed by atoms with Crippen molar-refractivity contribution in [1.29, 1.82) is 0 Å². The summed E-state index contributed by atoms with van der Waals surface area (Å²) in [5, 5.41) is 9.66. The molecule has 0 aromatic heterocycles. The van der Waals surface area contributed by atoms with E-state index in [0.29, 0.717) is 0 Å². The van der Waals surface area contributed by atoms with Gasteiger partial charge in [0.05, 0.1) is 6.10 Å². The third-order valence-corrected chi connectivity index (χ3v) is 3.75. The van der Waals surface area contributed by atoms with E-state index in [1.165, 1.54) is 0 Å². The molecule has 88 valence electrons. The lowest BCUT2D eigenvalue weighted by Crippen LogP contribution is -2.51. The van der Waals surface area contributed by atoms with E-state index in [1.807, 2.05) is 6.92 Å². The normalized spacial score (nSPS) is 37.6. The molecule has 0 bridgehead atoms. The van der Waals surface area contributed by atoms with E-state index in [4.69, 9.17) is 0 Å². The Morgan fingerprint density at radius 2 is 2.07 bits per heavy atom. The van der Waals surface area contributed by atoms with Crippen LogP contribution < -0.4 is 0 Å². The lowest BCUT2D eigenvalue weighted by atomic mass is 9.80. The maximum atomic E-state index is 12.6. The Balaban J connectivity index is 1.79. The van der Waals surface area contributed by atoms with Gasteiger partial charge in [-0.1, -0.05) is 0 Å². The van der Waals surface area contributed by atoms with Gasteiger partial charge in [0.25, 0.3) is 0 Å². The number of alkyl halides is 2. The summed E-state index contributed by atoms with van der Waals surface area (Å²) in [6, 6.07) is 0.132. The van der Waals surface area contributed by atoms with Gasteiger partial charge in [0, 0.05) is 25.4 Å². The first-order valence-corrected chi connectivity index (χ1v) is 5.78. The fourth-order valence-corrected chi connectivity index (χ4v) is 2.69. The van der Waals surface area contributed by atoms with Gasteiger partial charge in [0.1, 0.15) is 0 Å². The minimum absolute atomic E-state index is 0.0340. The summed E-state index contributed by atoms with van der Waals surface area (Å²) in [4.78, 5) is 2.16. The second-order valence-corrected chi connectivity index (χ2v) is 5.08. The highest BCUT2D eigenvalue weighted by molar-refractivity contribution is 4.90. The number of aliphatic hydroxyl groups excluding tert-OH is 1. The van der Waals surface area contributed by atoms with E-state index < -0.39 is 5.92 Å². The highest BCUT2D eigenvalue weighted by Crippen LogP contribution is 2.43. The topological polar surface area (TPSA) is 23.5 Å². The van der Waals surface area contributed by atoms with Gasteiger partial charge in [-0.05, 0) is 32.2 Å². The summed E-state index contributed by atoms with van der Waals surface area (Å²) in [7, 11) is 0. The number of likely N-dealkylation sites (tertiary alicyclic amines) is 1. The summed E-state index contributed by atoms with van der Waals surface area (Å²) in [6.45, 7) is 3.66. The lowest BCUT2D eigenvalue weighted by molar-refractivity contribution is -0.122. The number of aliphatic hydroxyl groups is 1. The van der Waals surface area contributed by atoms with E-state index in [1.54, 1.807) is 0 Å². The van der Waals surface area contributed by atoms with Crippen LogP contribution >= 0.6 is 0 Å². The van der Waals surface area contributed by atoms with Gasteiger partial charge in [-0.25, -0.2) is 8.78 Å². The molecule has 1 aliphatic heterocycles. The molecule has 1 saturated carbocycles. The first-order valence-electron chi connectivity index (χ1n) is 5.78. The average molecular weight is 219 g/mol. The molecule has 2 atom stereocenters. The van der Waals surface area contributed by atoms with Gasteiger partial charge < -0.3 is 5.11 Å². The van der Waals surface area contributed by atoms with Crippen LogP contribution in [0.1, 0.15) is 32.6 Å². The zero-order chi connectivity index (χ0) is 11.1. The number of halogens is 2. The molecule has 4 heteroatoms. The largest absolute Gasteiger partial charge is 0.392 e. The van der Waals surface area contributed by atoms with E-state index in [2.05, 4.69) is 4.90 Å². The van der Waals surface area contributed by atoms with Gasteiger partial charge in [-0.15, -0.1) is 0 Å². The predicted octanol–water partition coefficient (Wildman–Crippen LogP) is 1.88. The van der Waals surface area contributed by atoms with Gasteiger partial charge in [-0.3, -0.25) is 4.90 Å². The van der Waals surface area contributed by atoms with E-state index in [0.717, 1.165) is 25.9 Å². The van der Waals surface area contributed by atoms with Gasteiger partial charge in [0.2, 0.25) is 5.92 Å². The molecule has 0 unspecified atom stereocenters. The molecule has 0 radical (unpaired) electrons. The van der Waals surface area contributed by atoms with Gasteiger partial charge in [-0.2, -0.15) is 0 Å². The highest BCUT2D eigenvalue weighted by Gasteiger charge is 2.46. The zero-order valence-electron chi connectivity index (χ0n) is 9.13. The zero-order valence-corrected chi connectivity index (χ0v) is 9.13. The number of hydrogen-bond acceptors (Lipinski definition) is 2. The van der Waals surface area contributed by atoms with E-state index in [-0.39, 0.29) is 30.9 Å². The fraction of sp³-hybridized carbons (Fsp3) is 1.00. The van der Waals surface area contributed by atoms with Crippen molar-refractivity contribution < 1.29 is 13.9 Å². The Hall–Kier alpha value is -0.220. The molecular weight excluding hydrogens is 200 g/mol. The van der Waals surface area contributed by atoms with E-state index in [9.17, 15) is 13.9 Å². The van der Waals surface area contributed by atoms with Crippen molar-refractivity contribution in [3.05, 3.63) is 0 Å². The monoisotopic (exact) mass is 219 g/mol. The molecule has 0 spiro atoms. The van der Waals surface area contributed by atoms with Crippen molar-refractivity contribution in [3.63, 3.8) is 0 Å². The fourth-order valence-electron chi connectivity index (χ4n) is 2.69. The van der Waals surface area contributed by atoms with Crippen LogP contribution in [0.25, 0.3) is 0 Å². The van der Waals surface area contributed by atoms with Crippen LogP contribution in [0.3, 0.4) is 0 Å². The van der Waals surface area contributed by atoms with Crippen LogP contribution in [-0.4, -0.2) is 41.2 Å². The first-order chi connectivity index (χ1) is 6.98. The molecule has 2 aliphatic rings. The van der Waals surface area contributed by atoms with Crippen molar-refractivity contribution in [3.8, 4) is 0 Å². The average Bonchev–Trinajstić information content (AvgIpc) is 2.10. The summed E-state index contributed by atoms with van der Waals surface area (Å²) < 4.78 is 25.3. The highest BCUT2D eigenvalue weighted by atomic mass is 19.3. The van der Waals surface area contributed by atoms with Crippen LogP contribution in [0.2, 0.25) is 0 Å². The second kappa shape index (κ2) is 3.98. The Bertz CT molecular complexity index is 227. The van der Waals surface area contributed by atoms with Crippen molar-refractivity contribution in [2.45, 2.75) is 50.7 Å². The SMILES string of the molecule is C[C@@H]1[C@@H](O)CCCN1CC1CC(F)(F)C1. The van der Waals surface area contributed by atoms with Crippen LogP contribution in [0.5, 0.6) is 0 Å². The molecule has 0 aromatic rings. The molecular formula is C11H19F2NO. The molecule has 0 aromatic carbocycles. The van der Waals surface area contributed by atoms with Gasteiger partial charge >= 0.3 is 0 Å². The van der Waals surface area contributed by atoms with Crippen molar-refractivity contribution in [2.24, 2.45) is 5.92 Å². The van der Waals surface area contributed by atoms with Crippen LogP contribution in [0.4, 0.5) is 8.78 Å². The lowest BCUT2D eigenvalue weighted by Gasteiger charge is -2.43. The Labute approximate surface area is 89.3 Å². The number of rotatable bonds is 2. The van der Waals surface area contributed by atoms with Crippen LogP contribution in [0.15, 0.2) is 0 Å². The second-order valence-electron chi connectivity index (χ2n) is 5.08. The molecule has 15 heavy (non-hydrogen) atoms. The molecule has 2 nitrogen and oxygen atoms in total. The number of hydrogen-bond donors (Lipinski definition) is 1. The molecule has 1 heterocycles. The Morgan fingerprint density at radius 1 is 1.40 bits per heavy atom. The van der Waals surface area contributed by atoms with Crippen molar-refractivity contribution >= 4 is 0 Å². The molecule has 1 saturated heterocycles. The maximum Gasteiger partial charge on any atom is 0.248 e. The van der Waals surface area contributed by atoms with Crippen LogP contribution in [-0.2, 0) is 0 Å². The Kier molecular flexibility index (Phi) is 2.99. The Morgan fingerprint density at radius 3 is 2.67 bits per heavy atom. The summed E-state index contributed by atoms with van der Waals surface area (Å²) in [5.74, 6) is -2.28. The van der Waals surface area contributed by atoms with Crippen molar-refractivity contribution in [1.82, 2.24) is 4.90 Å². The first kappa shape index (κ1) is 11.3. The molecule has 2 fully saturated rings. The minimum Gasteiger partial charge on any atom is -0.392 e. The molecule has 1 N–H and O–H groups in total. The summed E-state index contributed by atoms with van der Waals surface area (Å²) in [5.41, 5.74) is 0. The predicted molar refractivity (Wildman–Crippen MR) is 53.9 cm³/mol. The quantitative estimate of drug-likeness (QED) is 0.766. The summed E-state index contributed by atoms with van der Waals surface area (Å²) in [6.07, 6.45) is 1.62. The number of piperidine rings is 1. The van der Waals surface area contributed by atoms with Crippen molar-refractivity contribution in [2.75, 3.05) is 13.1 Å². The minimum atomic E-state index is -2.41. The third kappa shape index (κ3) is 2.48. The maximum absolute atomic E-state index is 12.6. The third-order valence-electron chi connectivity index (χ3n) is 3.75. The van der Waals surface area contributed by atoms with Crippen LogP contribution in [0, 0.1) is 5.92 Å². The molecule has 2 rings (SSSR count). The molecule has 0 amide bonds. The smallest absolute Gasteiger partial charge is 0.248 e.